The number of nitrogens with one attached hydrogen (secondary N) is 2. The van der Waals surface area contributed by atoms with Gasteiger partial charge in [0.25, 0.3) is 5.91 Å². The van der Waals surface area contributed by atoms with Gasteiger partial charge >= 0.3 is 0 Å². The maximum Gasteiger partial charge on any atom is 0.252 e. The Hall–Kier alpha value is -1.33. The maximum absolute atomic E-state index is 12.0. The molecule has 0 aliphatic heterocycles. The molecule has 0 atom stereocenters. The van der Waals surface area contributed by atoms with E-state index in [9.17, 15) is 4.79 Å². The Morgan fingerprint density at radius 1 is 1.50 bits per heavy atom. The number of hydrogen-bond donors (Lipinski definition) is 2. The molecule has 1 amide bonds. The van der Waals surface area contributed by atoms with Crippen molar-refractivity contribution in [1.29, 1.82) is 0 Å². The SMILES string of the molecule is CNc1cc(C(=O)NCCCOCC(C)C)c(Cl)cn1. The Morgan fingerprint density at radius 3 is 2.90 bits per heavy atom. The van der Waals surface area contributed by atoms with Crippen molar-refractivity contribution in [2.24, 2.45) is 5.92 Å². The molecule has 0 saturated heterocycles. The summed E-state index contributed by atoms with van der Waals surface area (Å²) in [5, 5.41) is 6.04. The van der Waals surface area contributed by atoms with E-state index in [4.69, 9.17) is 16.3 Å². The van der Waals surface area contributed by atoms with Gasteiger partial charge in [-0.1, -0.05) is 25.4 Å². The van der Waals surface area contributed by atoms with Gasteiger partial charge in [-0.25, -0.2) is 4.98 Å². The van der Waals surface area contributed by atoms with Crippen molar-refractivity contribution >= 4 is 23.3 Å². The van der Waals surface area contributed by atoms with Gasteiger partial charge in [-0.05, 0) is 18.4 Å². The summed E-state index contributed by atoms with van der Waals surface area (Å²) in [5.41, 5.74) is 0.425. The second-order valence-corrected chi connectivity index (χ2v) is 5.28. The fourth-order valence-electron chi connectivity index (χ4n) is 1.54. The Kier molecular flexibility index (Phi) is 7.33. The lowest BCUT2D eigenvalue weighted by Crippen LogP contribution is -2.26. The molecule has 0 radical (unpaired) electrons. The van der Waals surface area contributed by atoms with E-state index in [1.165, 1.54) is 6.20 Å². The van der Waals surface area contributed by atoms with Crippen LogP contribution in [-0.4, -0.2) is 37.7 Å². The molecule has 0 unspecified atom stereocenters. The molecule has 20 heavy (non-hydrogen) atoms. The standard InChI is InChI=1S/C14H22ClN3O2/c1-10(2)9-20-6-4-5-17-14(19)11-7-13(16-3)18-8-12(11)15/h7-8,10H,4-6,9H2,1-3H3,(H,16,18)(H,17,19). The topological polar surface area (TPSA) is 63.2 Å². The van der Waals surface area contributed by atoms with Gasteiger partial charge in [0.2, 0.25) is 0 Å². The number of anilines is 1. The van der Waals surface area contributed by atoms with Gasteiger partial charge in [0.15, 0.2) is 0 Å². The summed E-state index contributed by atoms with van der Waals surface area (Å²) in [6.45, 7) is 6.16. The summed E-state index contributed by atoms with van der Waals surface area (Å²) < 4.78 is 5.45. The summed E-state index contributed by atoms with van der Waals surface area (Å²) in [5.74, 6) is 0.942. The largest absolute Gasteiger partial charge is 0.381 e. The molecule has 0 aromatic carbocycles. The zero-order chi connectivity index (χ0) is 15.0. The van der Waals surface area contributed by atoms with Crippen LogP contribution in [0.3, 0.4) is 0 Å². The number of ether oxygens (including phenoxy) is 1. The molecule has 0 aliphatic rings. The van der Waals surface area contributed by atoms with Gasteiger partial charge < -0.3 is 15.4 Å². The molecule has 0 saturated carbocycles. The second-order valence-electron chi connectivity index (χ2n) is 4.88. The highest BCUT2D eigenvalue weighted by molar-refractivity contribution is 6.33. The third kappa shape index (κ3) is 5.75. The number of carbonyl (C=O) groups excluding carboxylic acids is 1. The first kappa shape index (κ1) is 16.7. The van der Waals surface area contributed by atoms with Crippen LogP contribution in [0.1, 0.15) is 30.6 Å². The summed E-state index contributed by atoms with van der Waals surface area (Å²) in [6, 6.07) is 1.63. The van der Waals surface area contributed by atoms with Crippen LogP contribution in [0.5, 0.6) is 0 Å². The van der Waals surface area contributed by atoms with E-state index in [2.05, 4.69) is 29.5 Å². The summed E-state index contributed by atoms with van der Waals surface area (Å²) in [4.78, 5) is 16.0. The van der Waals surface area contributed by atoms with Crippen molar-refractivity contribution in [2.75, 3.05) is 32.1 Å². The van der Waals surface area contributed by atoms with E-state index < -0.39 is 0 Å². The van der Waals surface area contributed by atoms with Crippen LogP contribution >= 0.6 is 11.6 Å². The van der Waals surface area contributed by atoms with E-state index in [0.717, 1.165) is 13.0 Å². The lowest BCUT2D eigenvalue weighted by Gasteiger charge is -2.09. The minimum Gasteiger partial charge on any atom is -0.381 e. The zero-order valence-electron chi connectivity index (χ0n) is 12.2. The number of amides is 1. The van der Waals surface area contributed by atoms with Crippen LogP contribution in [0.15, 0.2) is 12.3 Å². The fourth-order valence-corrected chi connectivity index (χ4v) is 1.73. The molecular weight excluding hydrogens is 278 g/mol. The van der Waals surface area contributed by atoms with Gasteiger partial charge in [-0.3, -0.25) is 4.79 Å². The third-order valence-corrected chi connectivity index (χ3v) is 2.86. The molecule has 1 aromatic heterocycles. The van der Waals surface area contributed by atoms with Crippen LogP contribution in [0, 0.1) is 5.92 Å². The average Bonchev–Trinajstić information content (AvgIpc) is 2.42. The molecule has 6 heteroatoms. The highest BCUT2D eigenvalue weighted by Gasteiger charge is 2.11. The highest BCUT2D eigenvalue weighted by atomic mass is 35.5. The van der Waals surface area contributed by atoms with Crippen molar-refractivity contribution < 1.29 is 9.53 Å². The Morgan fingerprint density at radius 2 is 2.25 bits per heavy atom. The minimum absolute atomic E-state index is 0.197. The molecule has 112 valence electrons. The molecular formula is C14H22ClN3O2. The van der Waals surface area contributed by atoms with Gasteiger partial charge in [0.1, 0.15) is 5.82 Å². The molecule has 1 heterocycles. The van der Waals surface area contributed by atoms with Crippen LogP contribution in [0.2, 0.25) is 5.02 Å². The lowest BCUT2D eigenvalue weighted by molar-refractivity contribution is 0.0925. The minimum atomic E-state index is -0.197. The summed E-state index contributed by atoms with van der Waals surface area (Å²) >= 11 is 5.97. The van der Waals surface area contributed by atoms with E-state index in [1.54, 1.807) is 13.1 Å². The smallest absolute Gasteiger partial charge is 0.252 e. The average molecular weight is 300 g/mol. The normalized spacial score (nSPS) is 10.7. The first-order valence-corrected chi connectivity index (χ1v) is 7.11. The quantitative estimate of drug-likeness (QED) is 0.724. The number of aromatic nitrogens is 1. The third-order valence-electron chi connectivity index (χ3n) is 2.56. The van der Waals surface area contributed by atoms with E-state index in [-0.39, 0.29) is 5.91 Å². The zero-order valence-corrected chi connectivity index (χ0v) is 13.0. The van der Waals surface area contributed by atoms with Crippen LogP contribution < -0.4 is 10.6 Å². The Bertz CT molecular complexity index is 438. The highest BCUT2D eigenvalue weighted by Crippen LogP contribution is 2.17. The molecule has 1 aromatic rings. The summed E-state index contributed by atoms with van der Waals surface area (Å²) in [7, 11) is 1.74. The van der Waals surface area contributed by atoms with E-state index in [0.29, 0.717) is 35.5 Å². The van der Waals surface area contributed by atoms with Crippen molar-refractivity contribution in [3.8, 4) is 0 Å². The number of hydrogen-bond acceptors (Lipinski definition) is 4. The Balaban J connectivity index is 2.36. The number of carbonyl (C=O) groups is 1. The van der Waals surface area contributed by atoms with Crippen molar-refractivity contribution in [3.63, 3.8) is 0 Å². The molecule has 0 spiro atoms. The first-order valence-electron chi connectivity index (χ1n) is 6.73. The number of halogens is 1. The second kappa shape index (κ2) is 8.76. The van der Waals surface area contributed by atoms with Gasteiger partial charge in [0, 0.05) is 33.0 Å². The molecule has 0 aliphatic carbocycles. The molecule has 2 N–H and O–H groups in total. The number of rotatable bonds is 8. The van der Waals surface area contributed by atoms with Crippen molar-refractivity contribution in [3.05, 3.63) is 22.8 Å². The predicted octanol–water partition coefficient (Wildman–Crippen LogP) is 2.57. The summed E-state index contributed by atoms with van der Waals surface area (Å²) in [6.07, 6.45) is 2.24. The number of nitrogens with zero attached hydrogens (tertiary/aromatic N) is 1. The maximum atomic E-state index is 12.0. The van der Waals surface area contributed by atoms with Gasteiger partial charge in [0.05, 0.1) is 10.6 Å². The molecule has 1 rings (SSSR count). The van der Waals surface area contributed by atoms with Crippen LogP contribution in [0.4, 0.5) is 5.82 Å². The van der Waals surface area contributed by atoms with E-state index in [1.807, 2.05) is 0 Å². The van der Waals surface area contributed by atoms with Crippen molar-refractivity contribution in [1.82, 2.24) is 10.3 Å². The van der Waals surface area contributed by atoms with Gasteiger partial charge in [-0.15, -0.1) is 0 Å². The molecule has 5 nitrogen and oxygen atoms in total. The lowest BCUT2D eigenvalue weighted by atomic mass is 10.2. The van der Waals surface area contributed by atoms with E-state index >= 15 is 0 Å². The van der Waals surface area contributed by atoms with Gasteiger partial charge in [-0.2, -0.15) is 0 Å². The van der Waals surface area contributed by atoms with Crippen LogP contribution in [0.25, 0.3) is 0 Å². The molecule has 0 bridgehead atoms. The fraction of sp³-hybridized carbons (Fsp3) is 0.571. The first-order chi connectivity index (χ1) is 9.54. The monoisotopic (exact) mass is 299 g/mol. The van der Waals surface area contributed by atoms with Crippen molar-refractivity contribution in [2.45, 2.75) is 20.3 Å². The number of pyridine rings is 1. The Labute approximate surface area is 125 Å². The molecule has 0 fully saturated rings. The van der Waals surface area contributed by atoms with Crippen LogP contribution in [-0.2, 0) is 4.74 Å². The predicted molar refractivity (Wildman–Crippen MR) is 81.4 cm³/mol.